The van der Waals surface area contributed by atoms with Crippen LogP contribution in [0.3, 0.4) is 0 Å². The fraction of sp³-hybridized carbons (Fsp3) is 0.615. The van der Waals surface area contributed by atoms with Crippen molar-refractivity contribution in [2.75, 3.05) is 7.11 Å². The number of rotatable bonds is 6. The number of nitrogens with zero attached hydrogens (tertiary/aromatic N) is 1. The minimum atomic E-state index is 0.626. The summed E-state index contributed by atoms with van der Waals surface area (Å²) in [6.07, 6.45) is 6.91. The Balaban J connectivity index is 2.88. The molecule has 0 aliphatic rings. The first-order chi connectivity index (χ1) is 7.33. The highest BCUT2D eigenvalue weighted by atomic mass is 16.6. The molecule has 0 aliphatic carbocycles. The van der Waals surface area contributed by atoms with Gasteiger partial charge in [-0.05, 0) is 18.9 Å². The van der Waals surface area contributed by atoms with E-state index in [2.05, 4.69) is 26.0 Å². The summed E-state index contributed by atoms with van der Waals surface area (Å²) < 4.78 is 1.88. The zero-order valence-corrected chi connectivity index (χ0v) is 10.1. The average molecular weight is 208 g/mol. The minimum Gasteiger partial charge on any atom is -0.274 e. The van der Waals surface area contributed by atoms with Gasteiger partial charge in [0.25, 0.3) is 0 Å². The summed E-state index contributed by atoms with van der Waals surface area (Å²) in [5, 5.41) is 0. The Kier molecular flexibility index (Phi) is 5.16. The van der Waals surface area contributed by atoms with Crippen LogP contribution in [0.4, 0.5) is 0 Å². The Morgan fingerprint density at radius 3 is 2.40 bits per heavy atom. The van der Waals surface area contributed by atoms with Crippen LogP contribution in [0.2, 0.25) is 0 Å². The van der Waals surface area contributed by atoms with Crippen molar-refractivity contribution in [3.8, 4) is 0 Å². The molecular weight excluding hydrogens is 186 g/mol. The van der Waals surface area contributed by atoms with Crippen LogP contribution in [0.25, 0.3) is 0 Å². The Bertz CT molecular complexity index is 280. The van der Waals surface area contributed by atoms with Gasteiger partial charge in [-0.3, -0.25) is 4.84 Å². The molecule has 1 heterocycles. The van der Waals surface area contributed by atoms with Crippen LogP contribution in [0.5, 0.6) is 0 Å². The Morgan fingerprint density at radius 2 is 1.87 bits per heavy atom. The molecule has 84 valence electrons. The molecule has 0 saturated carbocycles. The monoisotopic (exact) mass is 208 g/mol. The maximum atomic E-state index is 5.34. The molecule has 0 aromatic carbocycles. The van der Waals surface area contributed by atoms with Crippen LogP contribution >= 0.6 is 0 Å². The van der Waals surface area contributed by atoms with Gasteiger partial charge in [-0.1, -0.05) is 26.7 Å². The van der Waals surface area contributed by atoms with Gasteiger partial charge in [0.1, 0.15) is 7.11 Å². The molecule has 0 saturated heterocycles. The molecule has 0 atom stereocenters. The van der Waals surface area contributed by atoms with Crippen LogP contribution in [0, 0.1) is 0 Å². The molecule has 2 nitrogen and oxygen atoms in total. The highest BCUT2D eigenvalue weighted by Crippen LogP contribution is 2.23. The summed E-state index contributed by atoms with van der Waals surface area (Å²) in [6.45, 7) is 4.48. The molecule has 1 rings (SSSR count). The number of pyridine rings is 1. The van der Waals surface area contributed by atoms with Gasteiger partial charge < -0.3 is 0 Å². The number of aromatic nitrogens is 1. The van der Waals surface area contributed by atoms with E-state index < -0.39 is 0 Å². The fourth-order valence-corrected chi connectivity index (χ4v) is 2.06. The van der Waals surface area contributed by atoms with Crippen LogP contribution in [0.1, 0.15) is 51.1 Å². The summed E-state index contributed by atoms with van der Waals surface area (Å²) >= 11 is 0. The van der Waals surface area contributed by atoms with Crippen molar-refractivity contribution in [2.45, 2.75) is 45.4 Å². The lowest BCUT2D eigenvalue weighted by Gasteiger charge is -2.11. The van der Waals surface area contributed by atoms with Gasteiger partial charge in [0.2, 0.25) is 11.9 Å². The normalized spacial score (nSPS) is 10.7. The highest BCUT2D eigenvalue weighted by Gasteiger charge is 2.21. The van der Waals surface area contributed by atoms with E-state index in [1.54, 1.807) is 7.11 Å². The van der Waals surface area contributed by atoms with E-state index in [-0.39, 0.29) is 0 Å². The lowest BCUT2D eigenvalue weighted by atomic mass is 9.94. The van der Waals surface area contributed by atoms with Crippen molar-refractivity contribution in [2.24, 2.45) is 0 Å². The zero-order chi connectivity index (χ0) is 11.1. The van der Waals surface area contributed by atoms with Crippen molar-refractivity contribution >= 4 is 0 Å². The second-order valence-corrected chi connectivity index (χ2v) is 3.91. The molecule has 0 spiro atoms. The predicted octanol–water partition coefficient (Wildman–Crippen LogP) is 2.72. The maximum Gasteiger partial charge on any atom is 0.237 e. The van der Waals surface area contributed by atoms with Crippen LogP contribution in [-0.2, 0) is 0 Å². The predicted molar refractivity (Wildman–Crippen MR) is 61.7 cm³/mol. The molecule has 0 aliphatic heterocycles. The van der Waals surface area contributed by atoms with Crippen molar-refractivity contribution in [1.82, 2.24) is 0 Å². The largest absolute Gasteiger partial charge is 0.274 e. The van der Waals surface area contributed by atoms with Gasteiger partial charge in [-0.2, -0.15) is 0 Å². The summed E-state index contributed by atoms with van der Waals surface area (Å²) in [4.78, 5) is 5.34. The van der Waals surface area contributed by atoms with E-state index in [1.165, 1.54) is 31.4 Å². The Morgan fingerprint density at radius 1 is 1.20 bits per heavy atom. The van der Waals surface area contributed by atoms with E-state index in [0.717, 1.165) is 0 Å². The first-order valence-corrected chi connectivity index (χ1v) is 5.88. The summed E-state index contributed by atoms with van der Waals surface area (Å²) in [6, 6.07) is 6.25. The van der Waals surface area contributed by atoms with E-state index >= 15 is 0 Å². The molecule has 0 N–H and O–H groups in total. The SMILES string of the molecule is CCCC(CCC)c1cccc[n+]1OC. The number of hydrogen-bond donors (Lipinski definition) is 0. The minimum absolute atomic E-state index is 0.626. The van der Waals surface area contributed by atoms with Gasteiger partial charge in [0, 0.05) is 22.8 Å². The topological polar surface area (TPSA) is 13.1 Å². The standard InChI is InChI=1S/C13H22NO/c1-4-8-12(9-5-2)13-10-6-7-11-14(13)15-3/h6-7,10-12H,4-5,8-9H2,1-3H3/q+1. The smallest absolute Gasteiger partial charge is 0.237 e. The molecule has 0 radical (unpaired) electrons. The molecule has 0 bridgehead atoms. The fourth-order valence-electron chi connectivity index (χ4n) is 2.06. The number of hydrogen-bond acceptors (Lipinski definition) is 1. The van der Waals surface area contributed by atoms with E-state index in [0.29, 0.717) is 5.92 Å². The molecule has 1 aromatic heterocycles. The van der Waals surface area contributed by atoms with Crippen molar-refractivity contribution < 1.29 is 9.57 Å². The Labute approximate surface area is 92.8 Å². The first kappa shape index (κ1) is 12.0. The lowest BCUT2D eigenvalue weighted by molar-refractivity contribution is -0.891. The third-order valence-electron chi connectivity index (χ3n) is 2.74. The third-order valence-corrected chi connectivity index (χ3v) is 2.74. The summed E-state index contributed by atoms with van der Waals surface area (Å²) in [7, 11) is 1.72. The van der Waals surface area contributed by atoms with Gasteiger partial charge in [0.15, 0.2) is 0 Å². The first-order valence-electron chi connectivity index (χ1n) is 5.88. The molecule has 0 unspecified atom stereocenters. The highest BCUT2D eigenvalue weighted by molar-refractivity contribution is 5.03. The van der Waals surface area contributed by atoms with E-state index in [9.17, 15) is 0 Å². The van der Waals surface area contributed by atoms with Gasteiger partial charge >= 0.3 is 0 Å². The second kappa shape index (κ2) is 6.44. The van der Waals surface area contributed by atoms with Crippen LogP contribution in [-0.4, -0.2) is 7.11 Å². The van der Waals surface area contributed by atoms with Crippen LogP contribution in [0.15, 0.2) is 24.4 Å². The van der Waals surface area contributed by atoms with Crippen molar-refractivity contribution in [1.29, 1.82) is 0 Å². The molecule has 2 heteroatoms. The Hall–Kier alpha value is -1.05. The molecule has 15 heavy (non-hydrogen) atoms. The third kappa shape index (κ3) is 3.22. The average Bonchev–Trinajstić information content (AvgIpc) is 2.29. The van der Waals surface area contributed by atoms with E-state index in [1.807, 2.05) is 17.0 Å². The molecule has 1 aromatic rings. The van der Waals surface area contributed by atoms with E-state index in [4.69, 9.17) is 4.84 Å². The lowest BCUT2D eigenvalue weighted by Crippen LogP contribution is -2.45. The second-order valence-electron chi connectivity index (χ2n) is 3.91. The quantitative estimate of drug-likeness (QED) is 0.655. The van der Waals surface area contributed by atoms with Gasteiger partial charge in [-0.15, -0.1) is 0 Å². The maximum absolute atomic E-state index is 5.34. The van der Waals surface area contributed by atoms with Gasteiger partial charge in [0.05, 0.1) is 0 Å². The summed E-state index contributed by atoms with van der Waals surface area (Å²) in [5.41, 5.74) is 1.30. The molecule has 0 fully saturated rings. The van der Waals surface area contributed by atoms with Gasteiger partial charge in [-0.25, -0.2) is 0 Å². The summed E-state index contributed by atoms with van der Waals surface area (Å²) in [5.74, 6) is 0.626. The van der Waals surface area contributed by atoms with Crippen molar-refractivity contribution in [3.63, 3.8) is 0 Å². The van der Waals surface area contributed by atoms with Crippen LogP contribution < -0.4 is 9.57 Å². The molecule has 0 amide bonds. The van der Waals surface area contributed by atoms with Crippen molar-refractivity contribution in [3.05, 3.63) is 30.1 Å². The zero-order valence-electron chi connectivity index (χ0n) is 10.1. The molecular formula is C13H22NO+.